The number of aromatic nitrogens is 1. The van der Waals surface area contributed by atoms with E-state index in [1.54, 1.807) is 0 Å². The Morgan fingerprint density at radius 1 is 1.59 bits per heavy atom. The minimum Gasteiger partial charge on any atom is -0.294 e. The van der Waals surface area contributed by atoms with Crippen LogP contribution in [0.15, 0.2) is 12.3 Å². The lowest BCUT2D eigenvalue weighted by Gasteiger charge is -2.15. The van der Waals surface area contributed by atoms with Crippen LogP contribution in [0.25, 0.3) is 0 Å². The first-order valence-corrected chi connectivity index (χ1v) is 5.55. The summed E-state index contributed by atoms with van der Waals surface area (Å²) in [5.41, 5.74) is -0.215. The molecule has 0 aliphatic carbocycles. The maximum atomic E-state index is 11.6. The fourth-order valence-corrected chi connectivity index (χ4v) is 2.12. The van der Waals surface area contributed by atoms with Gasteiger partial charge in [-0.15, -0.1) is 11.6 Å². The number of anilines is 1. The number of rotatable bonds is 2. The molecule has 0 N–H and O–H groups in total. The predicted molar refractivity (Wildman–Crippen MR) is 62.5 cm³/mol. The molecule has 1 atom stereocenters. The van der Waals surface area contributed by atoms with Crippen molar-refractivity contribution in [1.29, 1.82) is 0 Å². The van der Waals surface area contributed by atoms with Crippen molar-refractivity contribution in [3.63, 3.8) is 0 Å². The monoisotopic (exact) mass is 275 g/mol. The zero-order valence-electron chi connectivity index (χ0n) is 8.47. The number of hydrogen-bond acceptors (Lipinski definition) is 4. The van der Waals surface area contributed by atoms with E-state index in [1.165, 1.54) is 11.0 Å². The van der Waals surface area contributed by atoms with E-state index in [1.807, 2.05) is 0 Å². The first-order chi connectivity index (χ1) is 7.99. The summed E-state index contributed by atoms with van der Waals surface area (Å²) in [6.45, 7) is 0.310. The van der Waals surface area contributed by atoms with E-state index >= 15 is 0 Å². The fourth-order valence-electron chi connectivity index (χ4n) is 1.59. The van der Waals surface area contributed by atoms with Gasteiger partial charge in [0.05, 0.1) is 15.3 Å². The van der Waals surface area contributed by atoms with Crippen molar-refractivity contribution in [2.45, 2.75) is 11.8 Å². The van der Waals surface area contributed by atoms with Gasteiger partial charge in [-0.25, -0.2) is 4.98 Å². The van der Waals surface area contributed by atoms with Gasteiger partial charge in [0.25, 0.3) is 5.69 Å². The molecule has 2 heterocycles. The summed E-state index contributed by atoms with van der Waals surface area (Å²) >= 11 is 11.7. The first kappa shape index (κ1) is 12.1. The molecule has 0 radical (unpaired) electrons. The average Bonchev–Trinajstić information content (AvgIpc) is 2.57. The van der Waals surface area contributed by atoms with Crippen LogP contribution in [-0.2, 0) is 4.79 Å². The molecule has 90 valence electrons. The Bertz CT molecular complexity index is 494. The second-order valence-corrected chi connectivity index (χ2v) is 4.59. The Balaban J connectivity index is 2.34. The number of carbonyl (C=O) groups is 1. The smallest absolute Gasteiger partial charge is 0.289 e. The molecule has 0 bridgehead atoms. The Hall–Kier alpha value is -1.40. The first-order valence-electron chi connectivity index (χ1n) is 4.73. The Labute approximate surface area is 106 Å². The van der Waals surface area contributed by atoms with Crippen LogP contribution in [0, 0.1) is 10.1 Å². The zero-order valence-corrected chi connectivity index (χ0v) is 9.98. The van der Waals surface area contributed by atoms with Gasteiger partial charge in [-0.1, -0.05) is 11.6 Å². The molecule has 1 aromatic heterocycles. The van der Waals surface area contributed by atoms with Crippen LogP contribution in [0.1, 0.15) is 6.42 Å². The number of pyridine rings is 1. The standard InChI is InChI=1S/C9H7Cl2N3O3/c10-5-1-8(15)13(4-5)9-7(11)2-6(3-12-9)14(16)17/h2-3,5H,1,4H2. The van der Waals surface area contributed by atoms with Crippen molar-refractivity contribution in [1.82, 2.24) is 4.98 Å². The molecule has 0 aromatic carbocycles. The van der Waals surface area contributed by atoms with Crippen LogP contribution in [0.2, 0.25) is 5.02 Å². The number of halogens is 2. The fraction of sp³-hybridized carbons (Fsp3) is 0.333. The lowest BCUT2D eigenvalue weighted by atomic mass is 10.4. The number of hydrogen-bond donors (Lipinski definition) is 0. The van der Waals surface area contributed by atoms with E-state index in [4.69, 9.17) is 23.2 Å². The van der Waals surface area contributed by atoms with E-state index < -0.39 is 4.92 Å². The van der Waals surface area contributed by atoms with Crippen molar-refractivity contribution in [3.05, 3.63) is 27.4 Å². The molecule has 1 fully saturated rings. The number of carbonyl (C=O) groups excluding carboxylic acids is 1. The van der Waals surface area contributed by atoms with E-state index in [9.17, 15) is 14.9 Å². The van der Waals surface area contributed by atoms with Crippen LogP contribution >= 0.6 is 23.2 Å². The number of amides is 1. The van der Waals surface area contributed by atoms with E-state index in [0.29, 0.717) is 6.54 Å². The summed E-state index contributed by atoms with van der Waals surface area (Å²) in [5.74, 6) is 0.0265. The molecule has 1 aliphatic heterocycles. The van der Waals surface area contributed by atoms with Gasteiger partial charge in [-0.3, -0.25) is 19.8 Å². The second kappa shape index (κ2) is 4.46. The lowest BCUT2D eigenvalue weighted by Crippen LogP contribution is -2.25. The van der Waals surface area contributed by atoms with Crippen molar-refractivity contribution in [2.24, 2.45) is 0 Å². The molecule has 8 heteroatoms. The minimum absolute atomic E-state index is 0.0679. The molecule has 6 nitrogen and oxygen atoms in total. The number of nitro groups is 1. The summed E-state index contributed by atoms with van der Waals surface area (Å²) in [6.07, 6.45) is 1.28. The summed E-state index contributed by atoms with van der Waals surface area (Å²) in [7, 11) is 0. The highest BCUT2D eigenvalue weighted by Gasteiger charge is 2.31. The van der Waals surface area contributed by atoms with Crippen LogP contribution < -0.4 is 4.90 Å². The highest BCUT2D eigenvalue weighted by Crippen LogP contribution is 2.30. The summed E-state index contributed by atoms with van der Waals surface area (Å²) < 4.78 is 0. The maximum Gasteiger partial charge on any atom is 0.289 e. The summed E-state index contributed by atoms with van der Waals surface area (Å²) in [6, 6.07) is 1.17. The molecular formula is C9H7Cl2N3O3. The molecule has 1 saturated heterocycles. The van der Waals surface area contributed by atoms with E-state index in [0.717, 1.165) is 6.20 Å². The quantitative estimate of drug-likeness (QED) is 0.470. The maximum absolute atomic E-state index is 11.6. The Kier molecular flexibility index (Phi) is 3.17. The zero-order chi connectivity index (χ0) is 12.6. The van der Waals surface area contributed by atoms with Gasteiger partial charge in [-0.2, -0.15) is 0 Å². The van der Waals surface area contributed by atoms with E-state index in [-0.39, 0.29) is 34.2 Å². The Morgan fingerprint density at radius 3 is 2.76 bits per heavy atom. The predicted octanol–water partition coefficient (Wildman–Crippen LogP) is 1.99. The number of alkyl halides is 1. The van der Waals surface area contributed by atoms with Gasteiger partial charge in [0.2, 0.25) is 5.91 Å². The van der Waals surface area contributed by atoms with Gasteiger partial charge in [0, 0.05) is 19.0 Å². The lowest BCUT2D eigenvalue weighted by molar-refractivity contribution is -0.385. The summed E-state index contributed by atoms with van der Waals surface area (Å²) in [5, 5.41) is 10.3. The highest BCUT2D eigenvalue weighted by molar-refractivity contribution is 6.34. The molecular weight excluding hydrogens is 269 g/mol. The second-order valence-electron chi connectivity index (χ2n) is 3.56. The molecule has 1 aromatic rings. The SMILES string of the molecule is O=C1CC(Cl)CN1c1ncc([N+](=O)[O-])cc1Cl. The van der Waals surface area contributed by atoms with Crippen LogP contribution in [0.3, 0.4) is 0 Å². The summed E-state index contributed by atoms with van der Waals surface area (Å²) in [4.78, 5) is 26.7. The van der Waals surface area contributed by atoms with Crippen molar-refractivity contribution in [2.75, 3.05) is 11.4 Å². The molecule has 0 spiro atoms. The third-order valence-electron chi connectivity index (χ3n) is 2.35. The van der Waals surface area contributed by atoms with Crippen LogP contribution in [0.4, 0.5) is 11.5 Å². The van der Waals surface area contributed by atoms with Gasteiger partial charge >= 0.3 is 0 Å². The van der Waals surface area contributed by atoms with Crippen LogP contribution in [-0.4, -0.2) is 27.7 Å². The minimum atomic E-state index is -0.598. The average molecular weight is 276 g/mol. The van der Waals surface area contributed by atoms with Gasteiger partial charge < -0.3 is 0 Å². The van der Waals surface area contributed by atoms with Crippen molar-refractivity contribution in [3.8, 4) is 0 Å². The molecule has 17 heavy (non-hydrogen) atoms. The topological polar surface area (TPSA) is 76.3 Å². The highest BCUT2D eigenvalue weighted by atomic mass is 35.5. The number of nitrogens with zero attached hydrogens (tertiary/aromatic N) is 3. The molecule has 2 rings (SSSR count). The third kappa shape index (κ3) is 2.32. The van der Waals surface area contributed by atoms with Gasteiger partial charge in [0.15, 0.2) is 5.82 Å². The third-order valence-corrected chi connectivity index (χ3v) is 2.92. The van der Waals surface area contributed by atoms with Crippen molar-refractivity contribution >= 4 is 40.6 Å². The van der Waals surface area contributed by atoms with Crippen LogP contribution in [0.5, 0.6) is 0 Å². The van der Waals surface area contributed by atoms with Gasteiger partial charge in [-0.05, 0) is 0 Å². The molecule has 1 amide bonds. The molecule has 0 saturated carbocycles. The van der Waals surface area contributed by atoms with E-state index in [2.05, 4.69) is 4.98 Å². The Morgan fingerprint density at radius 2 is 2.29 bits per heavy atom. The van der Waals surface area contributed by atoms with Gasteiger partial charge in [0.1, 0.15) is 6.20 Å². The molecule has 1 aliphatic rings. The normalized spacial score (nSPS) is 19.8. The largest absolute Gasteiger partial charge is 0.294 e. The van der Waals surface area contributed by atoms with Crippen molar-refractivity contribution < 1.29 is 9.72 Å². The molecule has 1 unspecified atom stereocenters.